The minimum atomic E-state index is -0.765. The van der Waals surface area contributed by atoms with E-state index in [9.17, 15) is 25.2 Å². The summed E-state index contributed by atoms with van der Waals surface area (Å²) in [7, 11) is 0. The molecule has 5 nitrogen and oxygen atoms in total. The van der Waals surface area contributed by atoms with Crippen molar-refractivity contribution < 1.29 is 25.2 Å². The number of phenolic OH excluding ortho intramolecular Hbond substituents is 4. The second kappa shape index (κ2) is 4.29. The van der Waals surface area contributed by atoms with Gasteiger partial charge in [0.15, 0.2) is 23.0 Å². The van der Waals surface area contributed by atoms with Gasteiger partial charge in [-0.15, -0.1) is 0 Å². The van der Waals surface area contributed by atoms with Crippen LogP contribution in [0, 0.1) is 0 Å². The Balaban J connectivity index is 2.62. The smallest absolute Gasteiger partial charge is 0.200 e. The molecule has 0 fully saturated rings. The Kier molecular flexibility index (Phi) is 2.81. The lowest BCUT2D eigenvalue weighted by molar-refractivity contribution is 0.103. The van der Waals surface area contributed by atoms with Crippen LogP contribution in [0.4, 0.5) is 0 Å². The zero-order chi connectivity index (χ0) is 13.3. The molecule has 2 aromatic carbocycles. The molecule has 0 unspecified atom stereocenters. The van der Waals surface area contributed by atoms with Crippen LogP contribution in [0.3, 0.4) is 0 Å². The van der Waals surface area contributed by atoms with Crippen LogP contribution < -0.4 is 0 Å². The average molecular weight is 246 g/mol. The molecule has 18 heavy (non-hydrogen) atoms. The summed E-state index contributed by atoms with van der Waals surface area (Å²) in [4.78, 5) is 12.1. The lowest BCUT2D eigenvalue weighted by Gasteiger charge is -2.09. The Labute approximate surface area is 102 Å². The van der Waals surface area contributed by atoms with Gasteiger partial charge in [-0.05, 0) is 0 Å². The van der Waals surface area contributed by atoms with Gasteiger partial charge in [0, 0.05) is 11.6 Å². The number of carbonyl (C=O) groups is 1. The summed E-state index contributed by atoms with van der Waals surface area (Å²) in [5.41, 5.74) is -0.313. The van der Waals surface area contributed by atoms with Gasteiger partial charge in [0.05, 0.1) is 0 Å². The molecule has 0 aliphatic carbocycles. The van der Waals surface area contributed by atoms with E-state index in [0.29, 0.717) is 0 Å². The van der Waals surface area contributed by atoms with Crippen molar-refractivity contribution >= 4 is 5.78 Å². The molecule has 0 saturated heterocycles. The first-order valence-corrected chi connectivity index (χ1v) is 5.09. The van der Waals surface area contributed by atoms with Crippen molar-refractivity contribution in [2.75, 3.05) is 0 Å². The van der Waals surface area contributed by atoms with Crippen molar-refractivity contribution in [3.63, 3.8) is 0 Å². The lowest BCUT2D eigenvalue weighted by atomic mass is 10.0. The zero-order valence-corrected chi connectivity index (χ0v) is 9.16. The van der Waals surface area contributed by atoms with E-state index in [4.69, 9.17) is 0 Å². The van der Waals surface area contributed by atoms with Crippen LogP contribution in [0.15, 0.2) is 36.4 Å². The first kappa shape index (κ1) is 11.8. The molecule has 5 heteroatoms. The number of hydrogen-bond donors (Lipinski definition) is 4. The predicted octanol–water partition coefficient (Wildman–Crippen LogP) is 1.74. The van der Waals surface area contributed by atoms with E-state index in [-0.39, 0.29) is 5.56 Å². The van der Waals surface area contributed by atoms with Crippen molar-refractivity contribution in [1.29, 1.82) is 0 Å². The molecule has 2 aromatic rings. The van der Waals surface area contributed by atoms with Gasteiger partial charge >= 0.3 is 0 Å². The summed E-state index contributed by atoms with van der Waals surface area (Å²) < 4.78 is 0. The van der Waals surface area contributed by atoms with Gasteiger partial charge in [-0.1, -0.05) is 30.3 Å². The van der Waals surface area contributed by atoms with Crippen LogP contribution in [0.25, 0.3) is 0 Å². The minimum Gasteiger partial charge on any atom is -0.504 e. The van der Waals surface area contributed by atoms with E-state index >= 15 is 0 Å². The standard InChI is InChI=1S/C13H10O5/c14-8-6-9(15)13(18)10(12(8)17)11(16)7-4-2-1-3-5-7/h1-6,14-15,17-18H. The molecule has 0 amide bonds. The fourth-order valence-electron chi connectivity index (χ4n) is 1.58. The summed E-state index contributed by atoms with van der Waals surface area (Å²) in [6.45, 7) is 0. The number of ketones is 1. The fourth-order valence-corrected chi connectivity index (χ4v) is 1.58. The van der Waals surface area contributed by atoms with Gasteiger partial charge in [-0.3, -0.25) is 4.79 Å². The number of aromatic hydroxyl groups is 4. The van der Waals surface area contributed by atoms with Crippen molar-refractivity contribution in [3.8, 4) is 23.0 Å². The monoisotopic (exact) mass is 246 g/mol. The van der Waals surface area contributed by atoms with Crippen LogP contribution in [0.1, 0.15) is 15.9 Å². The fraction of sp³-hybridized carbons (Fsp3) is 0. The number of hydrogen-bond acceptors (Lipinski definition) is 5. The number of carbonyl (C=O) groups excluding carboxylic acids is 1. The molecule has 2 rings (SSSR count). The Morgan fingerprint density at radius 1 is 0.833 bits per heavy atom. The molecule has 0 aliphatic heterocycles. The average Bonchev–Trinajstić information content (AvgIpc) is 2.37. The predicted molar refractivity (Wildman–Crippen MR) is 63.0 cm³/mol. The molecule has 0 atom stereocenters. The molecule has 0 bridgehead atoms. The maximum atomic E-state index is 12.1. The summed E-state index contributed by atoms with van der Waals surface area (Å²) in [6.07, 6.45) is 0. The molecule has 0 aliphatic rings. The molecule has 0 radical (unpaired) electrons. The van der Waals surface area contributed by atoms with E-state index < -0.39 is 34.3 Å². The summed E-state index contributed by atoms with van der Waals surface area (Å²) in [5, 5.41) is 37.8. The maximum Gasteiger partial charge on any atom is 0.200 e. The minimum absolute atomic E-state index is 0.216. The normalized spacial score (nSPS) is 10.2. The highest BCUT2D eigenvalue weighted by Crippen LogP contribution is 2.42. The van der Waals surface area contributed by atoms with Crippen molar-refractivity contribution in [1.82, 2.24) is 0 Å². The maximum absolute atomic E-state index is 12.1. The molecule has 0 aromatic heterocycles. The van der Waals surface area contributed by atoms with Crippen molar-refractivity contribution in [2.24, 2.45) is 0 Å². The summed E-state index contributed by atoms with van der Waals surface area (Å²) in [5.74, 6) is -3.58. The summed E-state index contributed by atoms with van der Waals surface area (Å²) >= 11 is 0. The van der Waals surface area contributed by atoms with Crippen molar-refractivity contribution in [3.05, 3.63) is 47.5 Å². The number of phenols is 4. The highest BCUT2D eigenvalue weighted by molar-refractivity contribution is 6.13. The van der Waals surface area contributed by atoms with Crippen LogP contribution in [-0.4, -0.2) is 26.2 Å². The summed E-state index contributed by atoms with van der Waals surface area (Å²) in [6, 6.07) is 8.67. The quantitative estimate of drug-likeness (QED) is 0.367. The van der Waals surface area contributed by atoms with Gasteiger partial charge < -0.3 is 20.4 Å². The van der Waals surface area contributed by atoms with Gasteiger partial charge in [-0.25, -0.2) is 0 Å². The lowest BCUT2D eigenvalue weighted by Crippen LogP contribution is -2.02. The van der Waals surface area contributed by atoms with Crippen LogP contribution in [-0.2, 0) is 0 Å². The third kappa shape index (κ3) is 1.82. The molecule has 0 saturated carbocycles. The number of benzene rings is 2. The third-order valence-electron chi connectivity index (χ3n) is 2.50. The Morgan fingerprint density at radius 3 is 1.83 bits per heavy atom. The van der Waals surface area contributed by atoms with E-state index in [1.54, 1.807) is 18.2 Å². The van der Waals surface area contributed by atoms with E-state index in [0.717, 1.165) is 6.07 Å². The van der Waals surface area contributed by atoms with Crippen LogP contribution >= 0.6 is 0 Å². The zero-order valence-electron chi connectivity index (χ0n) is 9.16. The second-order valence-corrected chi connectivity index (χ2v) is 3.68. The van der Waals surface area contributed by atoms with Crippen molar-refractivity contribution in [2.45, 2.75) is 0 Å². The molecule has 4 N–H and O–H groups in total. The SMILES string of the molecule is O=C(c1ccccc1)c1c(O)c(O)cc(O)c1O. The van der Waals surface area contributed by atoms with Gasteiger partial charge in [0.1, 0.15) is 5.56 Å². The van der Waals surface area contributed by atoms with E-state index in [2.05, 4.69) is 0 Å². The van der Waals surface area contributed by atoms with Crippen LogP contribution in [0.5, 0.6) is 23.0 Å². The van der Waals surface area contributed by atoms with Crippen LogP contribution in [0.2, 0.25) is 0 Å². The first-order valence-electron chi connectivity index (χ1n) is 5.09. The largest absolute Gasteiger partial charge is 0.504 e. The van der Waals surface area contributed by atoms with E-state index in [1.165, 1.54) is 12.1 Å². The van der Waals surface area contributed by atoms with Gasteiger partial charge in [0.2, 0.25) is 5.78 Å². The van der Waals surface area contributed by atoms with E-state index in [1.807, 2.05) is 0 Å². The number of rotatable bonds is 2. The Hall–Kier alpha value is -2.69. The Morgan fingerprint density at radius 2 is 1.33 bits per heavy atom. The van der Waals surface area contributed by atoms with Gasteiger partial charge in [-0.2, -0.15) is 0 Å². The first-order chi connectivity index (χ1) is 8.52. The topological polar surface area (TPSA) is 98.0 Å². The third-order valence-corrected chi connectivity index (χ3v) is 2.50. The second-order valence-electron chi connectivity index (χ2n) is 3.68. The highest BCUT2D eigenvalue weighted by atomic mass is 16.3. The van der Waals surface area contributed by atoms with Gasteiger partial charge in [0.25, 0.3) is 0 Å². The highest BCUT2D eigenvalue weighted by Gasteiger charge is 2.23. The molecular weight excluding hydrogens is 236 g/mol. The molecule has 0 heterocycles. The molecule has 0 spiro atoms. The Bertz CT molecular complexity index is 578. The molecular formula is C13H10O5. The molecule has 92 valence electrons.